The number of rotatable bonds is 6. The summed E-state index contributed by atoms with van der Waals surface area (Å²) in [6.45, 7) is 0.460. The van der Waals surface area contributed by atoms with Crippen molar-refractivity contribution in [3.05, 3.63) is 51.4 Å². The molecule has 0 bridgehead atoms. The number of hydrogen-bond donors (Lipinski definition) is 2. The van der Waals surface area contributed by atoms with Gasteiger partial charge in [-0.2, -0.15) is 4.37 Å². The van der Waals surface area contributed by atoms with E-state index < -0.39 is 0 Å². The van der Waals surface area contributed by atoms with Crippen LogP contribution in [0.2, 0.25) is 0 Å². The number of nitrogens with zero attached hydrogens (tertiary/aromatic N) is 1. The van der Waals surface area contributed by atoms with Gasteiger partial charge < -0.3 is 10.4 Å². The maximum Gasteiger partial charge on any atom is 0.272 e. The van der Waals surface area contributed by atoms with Gasteiger partial charge in [-0.05, 0) is 39.4 Å². The van der Waals surface area contributed by atoms with E-state index in [1.165, 1.54) is 11.5 Å². The van der Waals surface area contributed by atoms with Crippen LogP contribution in [0, 0.1) is 5.92 Å². The summed E-state index contributed by atoms with van der Waals surface area (Å²) in [5.41, 5.74) is 1.54. The molecular weight excluding hydrogens is 340 g/mol. The van der Waals surface area contributed by atoms with Crippen LogP contribution in [0.3, 0.4) is 0 Å². The van der Waals surface area contributed by atoms with Gasteiger partial charge in [-0.1, -0.05) is 30.3 Å². The van der Waals surface area contributed by atoms with Gasteiger partial charge in [0.2, 0.25) is 0 Å². The van der Waals surface area contributed by atoms with Gasteiger partial charge in [0, 0.05) is 24.4 Å². The molecule has 106 valence electrons. The van der Waals surface area contributed by atoms with Crippen molar-refractivity contribution in [2.24, 2.45) is 5.92 Å². The number of nitrogens with one attached hydrogen (secondary N) is 1. The third-order valence-corrected chi connectivity index (χ3v) is 4.45. The Balaban J connectivity index is 1.88. The lowest BCUT2D eigenvalue weighted by atomic mass is 10.00. The lowest BCUT2D eigenvalue weighted by Gasteiger charge is -2.14. The molecule has 1 amide bonds. The number of aliphatic hydroxyl groups is 1. The molecule has 0 aliphatic carbocycles. The molecule has 2 aromatic rings. The first-order chi connectivity index (χ1) is 9.70. The summed E-state index contributed by atoms with van der Waals surface area (Å²) < 4.78 is 4.72. The molecule has 0 fully saturated rings. The van der Waals surface area contributed by atoms with Crippen LogP contribution in [-0.4, -0.2) is 28.5 Å². The first-order valence-electron chi connectivity index (χ1n) is 6.23. The van der Waals surface area contributed by atoms with Crippen LogP contribution in [0.15, 0.2) is 40.2 Å². The van der Waals surface area contributed by atoms with E-state index in [0.717, 1.165) is 12.0 Å². The lowest BCUT2D eigenvalue weighted by Crippen LogP contribution is -2.32. The molecule has 0 spiro atoms. The first kappa shape index (κ1) is 15.2. The Bertz CT molecular complexity index is 559. The molecule has 0 saturated heterocycles. The Morgan fingerprint density at radius 1 is 1.40 bits per heavy atom. The second-order valence-corrected chi connectivity index (χ2v) is 5.94. The fraction of sp³-hybridized carbons (Fsp3) is 0.286. The van der Waals surface area contributed by atoms with Gasteiger partial charge in [-0.25, -0.2) is 0 Å². The van der Waals surface area contributed by atoms with Gasteiger partial charge in [0.25, 0.3) is 5.91 Å². The zero-order chi connectivity index (χ0) is 14.4. The molecule has 6 heteroatoms. The summed E-state index contributed by atoms with van der Waals surface area (Å²) in [6.07, 6.45) is 0.732. The Morgan fingerprint density at radius 2 is 2.15 bits per heavy atom. The minimum Gasteiger partial charge on any atom is -0.396 e. The van der Waals surface area contributed by atoms with Crippen LogP contribution in [0.1, 0.15) is 16.1 Å². The van der Waals surface area contributed by atoms with E-state index in [2.05, 4.69) is 25.6 Å². The third kappa shape index (κ3) is 4.13. The van der Waals surface area contributed by atoms with Crippen LogP contribution in [0.4, 0.5) is 0 Å². The predicted molar refractivity (Wildman–Crippen MR) is 82.9 cm³/mol. The molecule has 4 nitrogen and oxygen atoms in total. The SMILES string of the molecule is O=C(NC[C@@H](CO)Cc1ccccc1)c1nscc1Br. The number of halogens is 1. The molecule has 1 aromatic heterocycles. The summed E-state index contributed by atoms with van der Waals surface area (Å²) in [4.78, 5) is 11.9. The molecule has 2 N–H and O–H groups in total. The topological polar surface area (TPSA) is 62.2 Å². The van der Waals surface area contributed by atoms with E-state index in [1.54, 1.807) is 5.38 Å². The number of carbonyl (C=O) groups excluding carboxylic acids is 1. The van der Waals surface area contributed by atoms with Gasteiger partial charge in [0.1, 0.15) is 0 Å². The average molecular weight is 355 g/mol. The van der Waals surface area contributed by atoms with Crippen LogP contribution in [0.5, 0.6) is 0 Å². The van der Waals surface area contributed by atoms with Crippen molar-refractivity contribution >= 4 is 33.4 Å². The summed E-state index contributed by atoms with van der Waals surface area (Å²) >= 11 is 4.51. The number of hydrogen-bond acceptors (Lipinski definition) is 4. The van der Waals surface area contributed by atoms with Gasteiger partial charge in [-0.3, -0.25) is 4.79 Å². The maximum atomic E-state index is 11.9. The highest BCUT2D eigenvalue weighted by atomic mass is 79.9. The molecule has 0 saturated carbocycles. The average Bonchev–Trinajstić information content (AvgIpc) is 2.90. The van der Waals surface area contributed by atoms with Crippen molar-refractivity contribution in [2.45, 2.75) is 6.42 Å². The Labute approximate surface area is 130 Å². The number of carbonyl (C=O) groups is 1. The zero-order valence-electron chi connectivity index (χ0n) is 10.8. The highest BCUT2D eigenvalue weighted by molar-refractivity contribution is 9.10. The molecule has 0 radical (unpaired) electrons. The molecule has 0 aliphatic heterocycles. The van der Waals surface area contributed by atoms with Crippen LogP contribution < -0.4 is 5.32 Å². The number of amides is 1. The van der Waals surface area contributed by atoms with E-state index in [9.17, 15) is 9.90 Å². The molecule has 1 atom stereocenters. The summed E-state index contributed by atoms with van der Waals surface area (Å²) in [5.74, 6) is -0.219. The van der Waals surface area contributed by atoms with Crippen molar-refractivity contribution in [2.75, 3.05) is 13.2 Å². The second kappa shape index (κ2) is 7.52. The van der Waals surface area contributed by atoms with Gasteiger partial charge in [0.05, 0.1) is 4.47 Å². The zero-order valence-corrected chi connectivity index (χ0v) is 13.2. The summed E-state index contributed by atoms with van der Waals surface area (Å²) in [6, 6.07) is 9.92. The van der Waals surface area contributed by atoms with E-state index in [0.29, 0.717) is 16.7 Å². The van der Waals surface area contributed by atoms with Gasteiger partial charge in [0.15, 0.2) is 5.69 Å². The highest BCUT2D eigenvalue weighted by Crippen LogP contribution is 2.17. The standard InChI is InChI=1S/C14H15BrN2O2S/c15-12-9-20-17-13(12)14(19)16-7-11(8-18)6-10-4-2-1-3-5-10/h1-5,9,11,18H,6-8H2,(H,16,19)/t11-/m0/s1. The Hall–Kier alpha value is -1.24. The van der Waals surface area contributed by atoms with Crippen molar-refractivity contribution < 1.29 is 9.90 Å². The van der Waals surface area contributed by atoms with Crippen LogP contribution in [-0.2, 0) is 6.42 Å². The van der Waals surface area contributed by atoms with Gasteiger partial charge in [-0.15, -0.1) is 0 Å². The van der Waals surface area contributed by atoms with E-state index in [-0.39, 0.29) is 18.4 Å². The molecule has 2 rings (SSSR count). The summed E-state index contributed by atoms with van der Waals surface area (Å²) in [7, 11) is 0. The van der Waals surface area contributed by atoms with E-state index in [4.69, 9.17) is 0 Å². The maximum absolute atomic E-state index is 11.9. The van der Waals surface area contributed by atoms with Gasteiger partial charge >= 0.3 is 0 Å². The normalized spacial score (nSPS) is 12.1. The van der Waals surface area contributed by atoms with E-state index >= 15 is 0 Å². The summed E-state index contributed by atoms with van der Waals surface area (Å²) in [5, 5.41) is 14.0. The minimum absolute atomic E-state index is 0.00115. The first-order valence-corrected chi connectivity index (χ1v) is 7.86. The monoisotopic (exact) mass is 354 g/mol. The van der Waals surface area contributed by atoms with Crippen LogP contribution in [0.25, 0.3) is 0 Å². The molecule has 1 heterocycles. The molecule has 0 unspecified atom stereocenters. The van der Waals surface area contributed by atoms with Crippen molar-refractivity contribution in [1.29, 1.82) is 0 Å². The third-order valence-electron chi connectivity index (χ3n) is 2.92. The van der Waals surface area contributed by atoms with Crippen LogP contribution >= 0.6 is 27.5 Å². The van der Waals surface area contributed by atoms with E-state index in [1.807, 2.05) is 30.3 Å². The quantitative estimate of drug-likeness (QED) is 0.837. The molecule has 1 aromatic carbocycles. The predicted octanol–water partition coefficient (Wildman–Crippen LogP) is 2.49. The number of benzene rings is 1. The Kier molecular flexibility index (Phi) is 5.70. The second-order valence-electron chi connectivity index (χ2n) is 4.46. The minimum atomic E-state index is -0.218. The fourth-order valence-corrected chi connectivity index (χ4v) is 3.02. The smallest absolute Gasteiger partial charge is 0.272 e. The highest BCUT2D eigenvalue weighted by Gasteiger charge is 2.15. The Morgan fingerprint density at radius 3 is 2.75 bits per heavy atom. The number of aliphatic hydroxyl groups excluding tert-OH is 1. The number of aromatic nitrogens is 1. The van der Waals surface area contributed by atoms with Crippen molar-refractivity contribution in [1.82, 2.24) is 9.69 Å². The molecule has 0 aliphatic rings. The van der Waals surface area contributed by atoms with Crippen molar-refractivity contribution in [3.8, 4) is 0 Å². The largest absolute Gasteiger partial charge is 0.396 e. The molecule has 20 heavy (non-hydrogen) atoms. The van der Waals surface area contributed by atoms with Crippen molar-refractivity contribution in [3.63, 3.8) is 0 Å². The lowest BCUT2D eigenvalue weighted by molar-refractivity contribution is 0.0935. The molecular formula is C14H15BrN2O2S. The fourth-order valence-electron chi connectivity index (χ4n) is 1.84.